The Kier molecular flexibility index (Phi) is 4.49. The molecule has 0 atom stereocenters. The second-order valence-electron chi connectivity index (χ2n) is 5.80. The van der Waals surface area contributed by atoms with E-state index in [1.807, 2.05) is 13.0 Å². The average molecular weight is 339 g/mol. The molecule has 1 amide bonds. The van der Waals surface area contributed by atoms with Crippen molar-refractivity contribution in [2.75, 3.05) is 37.2 Å². The maximum absolute atomic E-state index is 12.4. The lowest BCUT2D eigenvalue weighted by molar-refractivity contribution is -0.132. The molecule has 0 spiro atoms. The van der Waals surface area contributed by atoms with E-state index in [0.29, 0.717) is 38.3 Å². The smallest absolute Gasteiger partial charge is 0.238 e. The van der Waals surface area contributed by atoms with E-state index >= 15 is 0 Å². The molecule has 8 nitrogen and oxygen atoms in total. The maximum atomic E-state index is 12.4. The van der Waals surface area contributed by atoms with Crippen molar-refractivity contribution in [3.8, 4) is 0 Å². The molecular weight excluding hydrogens is 318 g/mol. The number of carbonyl (C=O) groups excluding carboxylic acids is 1. The molecule has 0 aliphatic carbocycles. The molecule has 23 heavy (non-hydrogen) atoms. The molecule has 126 valence electrons. The Labute approximate surface area is 135 Å². The summed E-state index contributed by atoms with van der Waals surface area (Å²) in [7, 11) is -3.24. The fourth-order valence-corrected chi connectivity index (χ4v) is 4.40. The van der Waals surface area contributed by atoms with Crippen molar-refractivity contribution in [1.82, 2.24) is 19.4 Å². The Balaban J connectivity index is 1.68. The third-order valence-corrected chi connectivity index (χ3v) is 6.07. The zero-order valence-electron chi connectivity index (χ0n) is 13.2. The highest BCUT2D eigenvalue weighted by Gasteiger charge is 2.32. The summed E-state index contributed by atoms with van der Waals surface area (Å²) < 4.78 is 24.9. The first-order valence-electron chi connectivity index (χ1n) is 7.84. The SMILES string of the molecule is CCNc1cc2c(nn1)CCN(C(=O)CN1CCCS1(=O)=O)C2. The molecule has 2 aliphatic heterocycles. The van der Waals surface area contributed by atoms with Gasteiger partial charge in [0.15, 0.2) is 0 Å². The fraction of sp³-hybridized carbons (Fsp3) is 0.643. The molecule has 1 saturated heterocycles. The minimum Gasteiger partial charge on any atom is -0.369 e. The van der Waals surface area contributed by atoms with E-state index in [1.165, 1.54) is 4.31 Å². The summed E-state index contributed by atoms with van der Waals surface area (Å²) in [5.74, 6) is 0.690. The molecule has 1 aromatic heterocycles. The first-order chi connectivity index (χ1) is 11.0. The zero-order valence-corrected chi connectivity index (χ0v) is 14.0. The number of nitrogens with one attached hydrogen (secondary N) is 1. The summed E-state index contributed by atoms with van der Waals surface area (Å²) in [6.45, 7) is 4.12. The lowest BCUT2D eigenvalue weighted by Crippen LogP contribution is -2.43. The summed E-state index contributed by atoms with van der Waals surface area (Å²) in [6.07, 6.45) is 1.24. The zero-order chi connectivity index (χ0) is 16.4. The number of anilines is 1. The molecule has 0 bridgehead atoms. The number of carbonyl (C=O) groups is 1. The van der Waals surface area contributed by atoms with Crippen LogP contribution in [0.2, 0.25) is 0 Å². The minimum atomic E-state index is -3.24. The molecule has 9 heteroatoms. The number of fused-ring (bicyclic) bond motifs is 1. The third-order valence-electron chi connectivity index (χ3n) is 4.17. The number of rotatable bonds is 4. The van der Waals surface area contributed by atoms with Crippen LogP contribution >= 0.6 is 0 Å². The summed E-state index contributed by atoms with van der Waals surface area (Å²) in [5.41, 5.74) is 1.88. The molecule has 2 aliphatic rings. The predicted molar refractivity (Wildman–Crippen MR) is 85.3 cm³/mol. The van der Waals surface area contributed by atoms with Crippen LogP contribution in [-0.2, 0) is 27.8 Å². The molecule has 3 heterocycles. The van der Waals surface area contributed by atoms with Crippen LogP contribution in [-0.4, -0.2) is 65.7 Å². The monoisotopic (exact) mass is 339 g/mol. The fourth-order valence-electron chi connectivity index (χ4n) is 2.93. The number of hydrogen-bond donors (Lipinski definition) is 1. The predicted octanol–water partition coefficient (Wildman–Crippen LogP) is -0.171. The van der Waals surface area contributed by atoms with Crippen LogP contribution in [0.3, 0.4) is 0 Å². The van der Waals surface area contributed by atoms with E-state index in [-0.39, 0.29) is 18.2 Å². The quantitative estimate of drug-likeness (QED) is 0.818. The van der Waals surface area contributed by atoms with E-state index in [1.54, 1.807) is 4.90 Å². The van der Waals surface area contributed by atoms with Gasteiger partial charge in [-0.2, -0.15) is 9.40 Å². The first-order valence-corrected chi connectivity index (χ1v) is 9.45. The van der Waals surface area contributed by atoms with Gasteiger partial charge in [0.05, 0.1) is 18.0 Å². The summed E-state index contributed by atoms with van der Waals surface area (Å²) >= 11 is 0. The van der Waals surface area contributed by atoms with Gasteiger partial charge in [-0.05, 0) is 25.0 Å². The summed E-state index contributed by atoms with van der Waals surface area (Å²) in [6, 6.07) is 1.91. The Morgan fingerprint density at radius 3 is 2.87 bits per heavy atom. The first kappa shape index (κ1) is 16.1. The highest BCUT2D eigenvalue weighted by atomic mass is 32.2. The number of hydrogen-bond acceptors (Lipinski definition) is 6. The Morgan fingerprint density at radius 1 is 1.35 bits per heavy atom. The summed E-state index contributed by atoms with van der Waals surface area (Å²) in [5, 5.41) is 11.4. The van der Waals surface area contributed by atoms with Crippen LogP contribution in [0, 0.1) is 0 Å². The highest BCUT2D eigenvalue weighted by molar-refractivity contribution is 7.89. The second-order valence-corrected chi connectivity index (χ2v) is 7.89. The van der Waals surface area contributed by atoms with Crippen molar-refractivity contribution in [3.05, 3.63) is 17.3 Å². The van der Waals surface area contributed by atoms with E-state index in [2.05, 4.69) is 15.5 Å². The van der Waals surface area contributed by atoms with Gasteiger partial charge in [-0.3, -0.25) is 4.79 Å². The molecule has 3 rings (SSSR count). The molecule has 1 N–H and O–H groups in total. The molecule has 0 radical (unpaired) electrons. The van der Waals surface area contributed by atoms with Crippen LogP contribution in [0.1, 0.15) is 24.6 Å². The largest absolute Gasteiger partial charge is 0.369 e. The van der Waals surface area contributed by atoms with Gasteiger partial charge >= 0.3 is 0 Å². The Bertz CT molecular complexity index is 706. The Hall–Kier alpha value is -1.74. The lowest BCUT2D eigenvalue weighted by atomic mass is 10.1. The van der Waals surface area contributed by atoms with Crippen LogP contribution in [0.5, 0.6) is 0 Å². The van der Waals surface area contributed by atoms with Crippen molar-refractivity contribution in [3.63, 3.8) is 0 Å². The number of nitrogens with zero attached hydrogens (tertiary/aromatic N) is 4. The minimum absolute atomic E-state index is 0.0593. The van der Waals surface area contributed by atoms with E-state index in [9.17, 15) is 13.2 Å². The molecule has 1 fully saturated rings. The molecular formula is C14H21N5O3S. The highest BCUT2D eigenvalue weighted by Crippen LogP contribution is 2.20. The number of amides is 1. The average Bonchev–Trinajstić information content (AvgIpc) is 2.85. The molecule has 0 unspecified atom stereocenters. The third kappa shape index (κ3) is 3.45. The van der Waals surface area contributed by atoms with Crippen molar-refractivity contribution in [1.29, 1.82) is 0 Å². The van der Waals surface area contributed by atoms with Gasteiger partial charge in [0.1, 0.15) is 5.82 Å². The molecule has 1 aromatic rings. The van der Waals surface area contributed by atoms with Crippen LogP contribution in [0.25, 0.3) is 0 Å². The van der Waals surface area contributed by atoms with Crippen LogP contribution < -0.4 is 5.32 Å². The second kappa shape index (κ2) is 6.40. The maximum Gasteiger partial charge on any atom is 0.238 e. The summed E-state index contributed by atoms with van der Waals surface area (Å²) in [4.78, 5) is 14.1. The molecule has 0 aromatic carbocycles. The normalized spacial score (nSPS) is 20.3. The van der Waals surface area contributed by atoms with Gasteiger partial charge in [-0.25, -0.2) is 8.42 Å². The van der Waals surface area contributed by atoms with Crippen molar-refractivity contribution in [2.24, 2.45) is 0 Å². The van der Waals surface area contributed by atoms with E-state index in [4.69, 9.17) is 0 Å². The van der Waals surface area contributed by atoms with Crippen molar-refractivity contribution >= 4 is 21.7 Å². The van der Waals surface area contributed by atoms with Crippen LogP contribution in [0.15, 0.2) is 6.07 Å². The molecule has 0 saturated carbocycles. The Morgan fingerprint density at radius 2 is 2.17 bits per heavy atom. The number of sulfonamides is 1. The van der Waals surface area contributed by atoms with Crippen molar-refractivity contribution < 1.29 is 13.2 Å². The van der Waals surface area contributed by atoms with Crippen LogP contribution in [0.4, 0.5) is 5.82 Å². The van der Waals surface area contributed by atoms with E-state index < -0.39 is 10.0 Å². The van der Waals surface area contributed by atoms with Gasteiger partial charge in [-0.15, -0.1) is 5.10 Å². The van der Waals surface area contributed by atoms with Gasteiger partial charge in [-0.1, -0.05) is 0 Å². The van der Waals surface area contributed by atoms with Crippen molar-refractivity contribution in [2.45, 2.75) is 26.3 Å². The lowest BCUT2D eigenvalue weighted by Gasteiger charge is -2.29. The topological polar surface area (TPSA) is 95.5 Å². The van der Waals surface area contributed by atoms with Gasteiger partial charge < -0.3 is 10.2 Å². The number of aromatic nitrogens is 2. The standard InChI is InChI=1S/C14H21N5O3S/c1-2-15-13-8-11-9-18(6-4-12(11)16-17-13)14(20)10-19-5-3-7-23(19,21)22/h8H,2-7,9-10H2,1H3,(H,15,17). The van der Waals surface area contributed by atoms with E-state index in [0.717, 1.165) is 17.8 Å². The van der Waals surface area contributed by atoms with Gasteiger partial charge in [0.2, 0.25) is 15.9 Å². The van der Waals surface area contributed by atoms with Gasteiger partial charge in [0.25, 0.3) is 0 Å². The van der Waals surface area contributed by atoms with Gasteiger partial charge in [0, 0.05) is 32.6 Å².